The van der Waals surface area contributed by atoms with Gasteiger partial charge in [0.25, 0.3) is 0 Å². The summed E-state index contributed by atoms with van der Waals surface area (Å²) in [6.45, 7) is 13.5. The van der Waals surface area contributed by atoms with Crippen LogP contribution in [0, 0.1) is 6.92 Å². The number of aromatic nitrogens is 1. The number of aryl methyl sites for hydroxylation is 1. The van der Waals surface area contributed by atoms with Crippen molar-refractivity contribution in [2.45, 2.75) is 33.0 Å². The third-order valence-corrected chi connectivity index (χ3v) is 8.97. The molecule has 0 radical (unpaired) electrons. The Balaban J connectivity index is 1.53. The van der Waals surface area contributed by atoms with Crippen molar-refractivity contribution in [3.05, 3.63) is 137 Å². The van der Waals surface area contributed by atoms with Gasteiger partial charge >= 0.3 is 5.97 Å². The molecule has 6 rings (SSSR count). The van der Waals surface area contributed by atoms with E-state index in [4.69, 9.17) is 14.2 Å². The predicted octanol–water partition coefficient (Wildman–Crippen LogP) is 8.03. The van der Waals surface area contributed by atoms with Crippen molar-refractivity contribution in [1.29, 1.82) is 0 Å². The lowest BCUT2D eigenvalue weighted by Crippen LogP contribution is -2.32. The van der Waals surface area contributed by atoms with E-state index in [1.807, 2.05) is 72.8 Å². The molecule has 1 aliphatic heterocycles. The highest BCUT2D eigenvalue weighted by Crippen LogP contribution is 2.53. The van der Waals surface area contributed by atoms with Crippen molar-refractivity contribution in [1.82, 2.24) is 4.57 Å². The van der Waals surface area contributed by atoms with E-state index in [9.17, 15) is 4.79 Å². The summed E-state index contributed by atoms with van der Waals surface area (Å²) in [7, 11) is 2.05. The number of hydrogen-bond donors (Lipinski definition) is 0. The second-order valence-electron chi connectivity index (χ2n) is 11.3. The number of anilines is 1. The van der Waals surface area contributed by atoms with Gasteiger partial charge in [0.15, 0.2) is 5.60 Å². The lowest BCUT2D eigenvalue weighted by Gasteiger charge is -2.34. The summed E-state index contributed by atoms with van der Waals surface area (Å²) < 4.78 is 21.4. The number of benzene rings is 4. The van der Waals surface area contributed by atoms with E-state index < -0.39 is 5.60 Å². The Morgan fingerprint density at radius 1 is 0.889 bits per heavy atom. The Morgan fingerprint density at radius 3 is 2.36 bits per heavy atom. The monoisotopic (exact) mass is 600 g/mol. The highest BCUT2D eigenvalue weighted by molar-refractivity contribution is 5.99. The SMILES string of the molecule is C=Cc1c(C2(c3c(C)n(C)c4ccccc34)OC(=O)c3ccccc32)ccc(N(CC)CC)c1OCCOCc1ccccc1. The normalized spacial score (nSPS) is 15.6. The molecule has 2 heterocycles. The standard InChI is InChI=1S/C39H40N2O4/c1-6-29-33(22-23-35(41(7-2)8-3)37(29)44-25-24-43-26-28-16-10-9-11-17-28)39(32-20-14-12-18-30(32)38(42)45-39)36-27(4)40(5)34-21-15-13-19-31(34)36/h6,9-23H,1,7-8,24-26H2,2-5H3. The van der Waals surface area contributed by atoms with Crippen LogP contribution in [-0.4, -0.2) is 36.8 Å². The van der Waals surface area contributed by atoms with Crippen LogP contribution in [0.3, 0.4) is 0 Å². The van der Waals surface area contributed by atoms with Crippen molar-refractivity contribution in [2.24, 2.45) is 7.05 Å². The molecule has 6 nitrogen and oxygen atoms in total. The fourth-order valence-electron chi connectivity index (χ4n) is 6.73. The summed E-state index contributed by atoms with van der Waals surface area (Å²) in [5.74, 6) is 0.352. The zero-order valence-corrected chi connectivity index (χ0v) is 26.5. The molecular weight excluding hydrogens is 560 g/mol. The number of fused-ring (bicyclic) bond motifs is 2. The van der Waals surface area contributed by atoms with Crippen molar-refractivity contribution in [3.63, 3.8) is 0 Å². The van der Waals surface area contributed by atoms with E-state index in [0.717, 1.165) is 63.2 Å². The number of ether oxygens (including phenoxy) is 3. The molecule has 5 aromatic rings. The zero-order valence-electron chi connectivity index (χ0n) is 26.5. The molecule has 1 atom stereocenters. The average Bonchev–Trinajstić information content (AvgIpc) is 3.52. The van der Waals surface area contributed by atoms with Crippen LogP contribution < -0.4 is 9.64 Å². The summed E-state index contributed by atoms with van der Waals surface area (Å²) in [4.78, 5) is 15.9. The lowest BCUT2D eigenvalue weighted by molar-refractivity contribution is 0.0252. The van der Waals surface area contributed by atoms with E-state index in [0.29, 0.717) is 31.1 Å². The minimum Gasteiger partial charge on any atom is -0.488 e. The van der Waals surface area contributed by atoms with Crippen LogP contribution in [0.2, 0.25) is 0 Å². The van der Waals surface area contributed by atoms with Crippen LogP contribution in [0.25, 0.3) is 17.0 Å². The topological polar surface area (TPSA) is 52.9 Å². The second kappa shape index (κ2) is 12.7. The summed E-state index contributed by atoms with van der Waals surface area (Å²) >= 11 is 0. The van der Waals surface area contributed by atoms with Crippen LogP contribution in [0.5, 0.6) is 5.75 Å². The minimum atomic E-state index is -1.22. The highest BCUT2D eigenvalue weighted by Gasteiger charge is 2.52. The maximum absolute atomic E-state index is 13.7. The maximum atomic E-state index is 13.7. The number of carbonyl (C=O) groups excluding carboxylic acids is 1. The fourth-order valence-corrected chi connectivity index (χ4v) is 6.73. The third kappa shape index (κ3) is 5.09. The zero-order chi connectivity index (χ0) is 31.6. The Morgan fingerprint density at radius 2 is 1.60 bits per heavy atom. The molecule has 4 aromatic carbocycles. The molecular formula is C39H40N2O4. The molecule has 1 aliphatic rings. The Labute approximate surface area is 265 Å². The Kier molecular flexibility index (Phi) is 8.50. The molecule has 0 bridgehead atoms. The summed E-state index contributed by atoms with van der Waals surface area (Å²) in [5, 5.41) is 1.03. The van der Waals surface area contributed by atoms with Crippen molar-refractivity contribution >= 4 is 28.6 Å². The van der Waals surface area contributed by atoms with Gasteiger partial charge in [-0.25, -0.2) is 4.79 Å². The summed E-state index contributed by atoms with van der Waals surface area (Å²) in [5.41, 5.74) is 6.85. The largest absolute Gasteiger partial charge is 0.488 e. The lowest BCUT2D eigenvalue weighted by atomic mass is 9.76. The van der Waals surface area contributed by atoms with Gasteiger partial charge in [0.05, 0.1) is 24.5 Å². The molecule has 0 N–H and O–H groups in total. The number of esters is 1. The molecule has 0 saturated heterocycles. The third-order valence-electron chi connectivity index (χ3n) is 8.97. The van der Waals surface area contributed by atoms with Crippen LogP contribution >= 0.6 is 0 Å². The van der Waals surface area contributed by atoms with Crippen molar-refractivity contribution in [2.75, 3.05) is 31.2 Å². The van der Waals surface area contributed by atoms with E-state index in [2.05, 4.69) is 68.1 Å². The molecule has 6 heteroatoms. The van der Waals surface area contributed by atoms with Gasteiger partial charge < -0.3 is 23.7 Å². The van der Waals surface area contributed by atoms with Gasteiger partial charge in [0, 0.05) is 59.0 Å². The molecule has 0 saturated carbocycles. The number of hydrogen-bond acceptors (Lipinski definition) is 5. The smallest absolute Gasteiger partial charge is 0.340 e. The van der Waals surface area contributed by atoms with Gasteiger partial charge in [0.2, 0.25) is 0 Å². The van der Waals surface area contributed by atoms with E-state index in [-0.39, 0.29) is 5.97 Å². The van der Waals surface area contributed by atoms with Crippen molar-refractivity contribution in [3.8, 4) is 5.75 Å². The summed E-state index contributed by atoms with van der Waals surface area (Å²) in [6, 6.07) is 30.3. The number of cyclic esters (lactones) is 1. The number of carbonyl (C=O) groups is 1. The quantitative estimate of drug-likeness (QED) is 0.107. The van der Waals surface area contributed by atoms with Gasteiger partial charge in [-0.3, -0.25) is 0 Å². The van der Waals surface area contributed by atoms with E-state index >= 15 is 0 Å². The Hall–Kier alpha value is -4.81. The first-order valence-electron chi connectivity index (χ1n) is 15.6. The summed E-state index contributed by atoms with van der Waals surface area (Å²) in [6.07, 6.45) is 1.83. The molecule has 230 valence electrons. The fraction of sp³-hybridized carbons (Fsp3) is 0.256. The molecule has 0 spiro atoms. The Bertz CT molecular complexity index is 1850. The molecule has 1 unspecified atom stereocenters. The first-order chi connectivity index (χ1) is 22.0. The molecule has 0 amide bonds. The minimum absolute atomic E-state index is 0.349. The van der Waals surface area contributed by atoms with Crippen molar-refractivity contribution < 1.29 is 19.0 Å². The van der Waals surface area contributed by atoms with Crippen LogP contribution in [0.4, 0.5) is 5.69 Å². The number of rotatable bonds is 12. The first-order valence-corrected chi connectivity index (χ1v) is 15.6. The van der Waals surface area contributed by atoms with Crippen LogP contribution in [-0.2, 0) is 28.7 Å². The molecule has 45 heavy (non-hydrogen) atoms. The van der Waals surface area contributed by atoms with Gasteiger partial charge in [0.1, 0.15) is 12.4 Å². The number of nitrogens with zero attached hydrogens (tertiary/aromatic N) is 2. The van der Waals surface area contributed by atoms with Gasteiger partial charge in [-0.2, -0.15) is 0 Å². The predicted molar refractivity (Wildman–Crippen MR) is 181 cm³/mol. The van der Waals surface area contributed by atoms with Crippen LogP contribution in [0.1, 0.15) is 57.7 Å². The molecule has 0 aliphatic carbocycles. The van der Waals surface area contributed by atoms with E-state index in [1.54, 1.807) is 0 Å². The van der Waals surface area contributed by atoms with Crippen LogP contribution in [0.15, 0.2) is 97.6 Å². The maximum Gasteiger partial charge on any atom is 0.340 e. The molecule has 0 fully saturated rings. The van der Waals surface area contributed by atoms with E-state index in [1.165, 1.54) is 0 Å². The highest BCUT2D eigenvalue weighted by atomic mass is 16.6. The van der Waals surface area contributed by atoms with Gasteiger partial charge in [-0.15, -0.1) is 0 Å². The van der Waals surface area contributed by atoms with Gasteiger partial charge in [-0.1, -0.05) is 85.5 Å². The second-order valence-corrected chi connectivity index (χ2v) is 11.3. The molecule has 1 aromatic heterocycles. The van der Waals surface area contributed by atoms with Gasteiger partial charge in [-0.05, 0) is 44.5 Å². The first kappa shape index (κ1) is 30.2. The average molecular weight is 601 g/mol. The number of para-hydroxylation sites is 1.